The van der Waals surface area contributed by atoms with Gasteiger partial charge < -0.3 is 5.01 Å². The fourth-order valence-electron chi connectivity index (χ4n) is 0.656. The molecule has 0 aromatic carbocycles. The number of hydrogen-bond donors (Lipinski definition) is 1. The number of nitrogens with zero attached hydrogens (tertiary/aromatic N) is 1. The van der Waals surface area contributed by atoms with Crippen molar-refractivity contribution in [1.82, 2.24) is 5.01 Å². The Bertz CT molecular complexity index is 88.9. The van der Waals surface area contributed by atoms with E-state index in [-0.39, 0.29) is 0 Å². The number of hydrogen-bond acceptors (Lipinski definition) is 2. The molecular weight excluding hydrogens is 112 g/mol. The lowest BCUT2D eigenvalue weighted by Crippen LogP contribution is -2.29. The van der Waals surface area contributed by atoms with Gasteiger partial charge in [-0.25, -0.2) is 5.84 Å². The van der Waals surface area contributed by atoms with Gasteiger partial charge in [-0.2, -0.15) is 0 Å². The summed E-state index contributed by atoms with van der Waals surface area (Å²) in [5.41, 5.74) is 1.03. The van der Waals surface area contributed by atoms with E-state index in [9.17, 15) is 0 Å². The average Bonchev–Trinajstić information content (AvgIpc) is 1.87. The van der Waals surface area contributed by atoms with Gasteiger partial charge in [0.1, 0.15) is 0 Å². The van der Waals surface area contributed by atoms with Crippen LogP contribution in [0.4, 0.5) is 0 Å². The summed E-state index contributed by atoms with van der Waals surface area (Å²) in [6.07, 6.45) is 2.12. The molecule has 0 heterocycles. The van der Waals surface area contributed by atoms with Crippen molar-refractivity contribution >= 4 is 0 Å². The highest BCUT2D eigenvalue weighted by Crippen LogP contribution is 2.02. The van der Waals surface area contributed by atoms with Gasteiger partial charge in [-0.1, -0.05) is 19.9 Å². The van der Waals surface area contributed by atoms with Crippen LogP contribution in [0, 0.1) is 0 Å². The van der Waals surface area contributed by atoms with Gasteiger partial charge in [-0.05, 0) is 13.3 Å². The van der Waals surface area contributed by atoms with Crippen molar-refractivity contribution in [3.63, 3.8) is 0 Å². The van der Waals surface area contributed by atoms with Crippen molar-refractivity contribution in [3.8, 4) is 0 Å². The molecule has 0 saturated carbocycles. The molecule has 2 heteroatoms. The molecule has 0 spiro atoms. The van der Waals surface area contributed by atoms with Gasteiger partial charge in [0, 0.05) is 12.2 Å². The van der Waals surface area contributed by atoms with Crippen LogP contribution in [-0.2, 0) is 0 Å². The highest BCUT2D eigenvalue weighted by Gasteiger charge is 1.95. The van der Waals surface area contributed by atoms with Crippen LogP contribution in [0.1, 0.15) is 26.7 Å². The Morgan fingerprint density at radius 2 is 2.11 bits per heavy atom. The molecule has 0 aromatic heterocycles. The third kappa shape index (κ3) is 3.14. The zero-order valence-electron chi connectivity index (χ0n) is 6.35. The summed E-state index contributed by atoms with van der Waals surface area (Å²) < 4.78 is 0. The van der Waals surface area contributed by atoms with E-state index in [1.165, 1.54) is 0 Å². The van der Waals surface area contributed by atoms with E-state index >= 15 is 0 Å². The van der Waals surface area contributed by atoms with Gasteiger partial charge in [-0.15, -0.1) is 0 Å². The first kappa shape index (κ1) is 8.50. The minimum atomic E-state index is 0.846. The Kier molecular flexibility index (Phi) is 4.14. The lowest BCUT2D eigenvalue weighted by Gasteiger charge is -2.17. The number of rotatable bonds is 4. The minimum Gasteiger partial charge on any atom is -0.316 e. The fourth-order valence-corrected chi connectivity index (χ4v) is 0.656. The first-order valence-corrected chi connectivity index (χ1v) is 3.42. The molecule has 0 aliphatic rings. The summed E-state index contributed by atoms with van der Waals surface area (Å²) in [6.45, 7) is 8.80. The molecule has 2 N–H and O–H groups in total. The zero-order chi connectivity index (χ0) is 7.28. The molecule has 0 fully saturated rings. The molecule has 0 atom stereocenters. The van der Waals surface area contributed by atoms with Crippen molar-refractivity contribution < 1.29 is 0 Å². The molecule has 0 aromatic rings. The molecular formula is C7H16N2. The molecule has 0 amide bonds. The predicted molar refractivity (Wildman–Crippen MR) is 40.6 cm³/mol. The number of allylic oxidation sites excluding steroid dienone is 1. The average molecular weight is 128 g/mol. The van der Waals surface area contributed by atoms with Crippen LogP contribution in [0.2, 0.25) is 0 Å². The van der Waals surface area contributed by atoms with Gasteiger partial charge in [-0.3, -0.25) is 0 Å². The van der Waals surface area contributed by atoms with Crippen molar-refractivity contribution in [3.05, 3.63) is 12.3 Å². The largest absolute Gasteiger partial charge is 0.316 e. The summed E-state index contributed by atoms with van der Waals surface area (Å²) in [4.78, 5) is 0. The third-order valence-corrected chi connectivity index (χ3v) is 1.29. The molecule has 9 heavy (non-hydrogen) atoms. The predicted octanol–water partition coefficient (Wildman–Crippen LogP) is 1.50. The molecule has 0 radical (unpaired) electrons. The maximum Gasteiger partial charge on any atom is 0.0309 e. The van der Waals surface area contributed by atoms with Gasteiger partial charge in [0.15, 0.2) is 0 Å². The highest BCUT2D eigenvalue weighted by molar-refractivity contribution is 4.89. The summed E-state index contributed by atoms with van der Waals surface area (Å²) in [5, 5.41) is 1.68. The molecule has 2 nitrogen and oxygen atoms in total. The molecule has 0 aliphatic carbocycles. The van der Waals surface area contributed by atoms with Crippen LogP contribution in [-0.4, -0.2) is 11.6 Å². The monoisotopic (exact) mass is 128 g/mol. The van der Waals surface area contributed by atoms with Crippen LogP contribution in [0.25, 0.3) is 0 Å². The van der Waals surface area contributed by atoms with Gasteiger partial charge >= 0.3 is 0 Å². The van der Waals surface area contributed by atoms with E-state index in [1.54, 1.807) is 5.01 Å². The Morgan fingerprint density at radius 3 is 2.44 bits per heavy atom. The highest BCUT2D eigenvalue weighted by atomic mass is 15.4. The lowest BCUT2D eigenvalue weighted by atomic mass is 10.3. The Morgan fingerprint density at radius 1 is 1.56 bits per heavy atom. The van der Waals surface area contributed by atoms with Crippen molar-refractivity contribution in [2.24, 2.45) is 5.84 Å². The molecule has 0 bridgehead atoms. The number of nitrogens with two attached hydrogens (primary N) is 1. The van der Waals surface area contributed by atoms with Crippen molar-refractivity contribution in [2.75, 3.05) is 6.54 Å². The zero-order valence-corrected chi connectivity index (χ0v) is 6.35. The quantitative estimate of drug-likeness (QED) is 0.459. The fraction of sp³-hybridized carbons (Fsp3) is 0.714. The van der Waals surface area contributed by atoms with Crippen molar-refractivity contribution in [1.29, 1.82) is 0 Å². The second-order valence-electron chi connectivity index (χ2n) is 2.10. The lowest BCUT2D eigenvalue weighted by molar-refractivity contribution is 0.365. The first-order chi connectivity index (χ1) is 4.22. The normalized spacial score (nSPS) is 9.22. The maximum atomic E-state index is 5.54. The SMILES string of the molecule is C=C(CCC)N(N)CC. The van der Waals surface area contributed by atoms with Gasteiger partial charge in [0.25, 0.3) is 0 Å². The van der Waals surface area contributed by atoms with Gasteiger partial charge in [0.2, 0.25) is 0 Å². The third-order valence-electron chi connectivity index (χ3n) is 1.29. The first-order valence-electron chi connectivity index (χ1n) is 3.42. The van der Waals surface area contributed by atoms with E-state index in [0.717, 1.165) is 25.1 Å². The van der Waals surface area contributed by atoms with Gasteiger partial charge in [0.05, 0.1) is 0 Å². The van der Waals surface area contributed by atoms with Crippen molar-refractivity contribution in [2.45, 2.75) is 26.7 Å². The van der Waals surface area contributed by atoms with Crippen LogP contribution in [0.5, 0.6) is 0 Å². The summed E-state index contributed by atoms with van der Waals surface area (Å²) in [7, 11) is 0. The standard InChI is InChI=1S/C7H16N2/c1-4-6-7(3)9(8)5-2/h3-6,8H2,1-2H3. The Hall–Kier alpha value is -0.500. The molecule has 0 unspecified atom stereocenters. The summed E-state index contributed by atoms with van der Waals surface area (Å²) in [5.74, 6) is 5.54. The molecule has 0 saturated heterocycles. The Balaban J connectivity index is 3.46. The Labute approximate surface area is 57.3 Å². The van der Waals surface area contributed by atoms with Crippen LogP contribution < -0.4 is 5.84 Å². The smallest absolute Gasteiger partial charge is 0.0309 e. The van der Waals surface area contributed by atoms with E-state index in [2.05, 4.69) is 13.5 Å². The molecule has 54 valence electrons. The summed E-state index contributed by atoms with van der Waals surface area (Å²) in [6, 6.07) is 0. The van der Waals surface area contributed by atoms with Crippen LogP contribution in [0.3, 0.4) is 0 Å². The number of hydrazine groups is 1. The maximum absolute atomic E-state index is 5.54. The minimum absolute atomic E-state index is 0.846. The van der Waals surface area contributed by atoms with E-state index < -0.39 is 0 Å². The van der Waals surface area contributed by atoms with Crippen LogP contribution >= 0.6 is 0 Å². The topological polar surface area (TPSA) is 29.3 Å². The van der Waals surface area contributed by atoms with E-state index in [1.807, 2.05) is 6.92 Å². The van der Waals surface area contributed by atoms with E-state index in [4.69, 9.17) is 5.84 Å². The molecule has 0 rings (SSSR count). The molecule has 0 aliphatic heterocycles. The van der Waals surface area contributed by atoms with Crippen LogP contribution in [0.15, 0.2) is 12.3 Å². The second-order valence-corrected chi connectivity index (χ2v) is 2.10. The summed E-state index contributed by atoms with van der Waals surface area (Å²) >= 11 is 0. The van der Waals surface area contributed by atoms with E-state index in [0.29, 0.717) is 0 Å². The second kappa shape index (κ2) is 4.39.